The third-order valence-electron chi connectivity index (χ3n) is 5.76. The lowest BCUT2D eigenvalue weighted by Crippen LogP contribution is -2.36. The summed E-state index contributed by atoms with van der Waals surface area (Å²) in [4.78, 5) is 19.3. The average Bonchev–Trinajstić information content (AvgIpc) is 3.38. The number of amides is 1. The van der Waals surface area contributed by atoms with Crippen molar-refractivity contribution in [2.24, 2.45) is 0 Å². The minimum Gasteiger partial charge on any atom is -0.497 e. The maximum Gasteiger partial charge on any atom is 0.251 e. The Balaban J connectivity index is 1.37. The normalized spacial score (nSPS) is 14.7. The third-order valence-corrected chi connectivity index (χ3v) is 5.76. The number of nitrogens with zero attached hydrogens (tertiary/aromatic N) is 2. The summed E-state index contributed by atoms with van der Waals surface area (Å²) in [5.41, 5.74) is 2.77. The molecule has 1 aromatic heterocycles. The quantitative estimate of drug-likeness (QED) is 0.549. The average molecular weight is 432 g/mol. The lowest BCUT2D eigenvalue weighted by Gasteiger charge is -2.28. The van der Waals surface area contributed by atoms with Crippen LogP contribution in [0, 0.1) is 0 Å². The molecule has 166 valence electrons. The Morgan fingerprint density at radius 2 is 1.88 bits per heavy atom. The highest BCUT2D eigenvalue weighted by atomic mass is 16.5. The highest BCUT2D eigenvalue weighted by Crippen LogP contribution is 2.27. The van der Waals surface area contributed by atoms with Crippen LogP contribution in [0.2, 0.25) is 0 Å². The van der Waals surface area contributed by atoms with Crippen molar-refractivity contribution in [3.8, 4) is 11.5 Å². The zero-order valence-electron chi connectivity index (χ0n) is 18.4. The zero-order valence-corrected chi connectivity index (χ0v) is 18.4. The van der Waals surface area contributed by atoms with Crippen LogP contribution < -0.4 is 14.8 Å². The summed E-state index contributed by atoms with van der Waals surface area (Å²) in [5, 5.41) is 3.12. The molecule has 2 aromatic carbocycles. The van der Waals surface area contributed by atoms with Gasteiger partial charge in [-0.1, -0.05) is 18.2 Å². The number of pyridine rings is 1. The molecule has 32 heavy (non-hydrogen) atoms. The van der Waals surface area contributed by atoms with Gasteiger partial charge in [0, 0.05) is 30.1 Å². The molecule has 1 aliphatic heterocycles. The van der Waals surface area contributed by atoms with Gasteiger partial charge >= 0.3 is 0 Å². The molecule has 2 heterocycles. The first-order chi connectivity index (χ1) is 15.7. The van der Waals surface area contributed by atoms with E-state index >= 15 is 0 Å². The Hall–Kier alpha value is -3.38. The molecule has 3 aromatic rings. The molecule has 0 spiro atoms. The van der Waals surface area contributed by atoms with Crippen LogP contribution in [0.4, 0.5) is 0 Å². The second-order valence-corrected chi connectivity index (χ2v) is 7.92. The molecular formula is C26H29N3O3. The molecular weight excluding hydrogens is 402 g/mol. The molecule has 0 aliphatic carbocycles. The first-order valence-corrected chi connectivity index (χ1v) is 11.0. The smallest absolute Gasteiger partial charge is 0.251 e. The fourth-order valence-electron chi connectivity index (χ4n) is 4.00. The number of carbonyl (C=O) groups is 1. The predicted octanol–water partition coefficient (Wildman–Crippen LogP) is 4.24. The minimum absolute atomic E-state index is 0.0871. The number of methoxy groups -OCH3 is 1. The Morgan fingerprint density at radius 1 is 1.06 bits per heavy atom. The molecule has 0 bridgehead atoms. The van der Waals surface area contributed by atoms with Crippen LogP contribution in [0.3, 0.4) is 0 Å². The van der Waals surface area contributed by atoms with Gasteiger partial charge in [0.05, 0.1) is 13.2 Å². The lowest BCUT2D eigenvalue weighted by atomic mass is 10.0. The molecule has 1 amide bonds. The van der Waals surface area contributed by atoms with Gasteiger partial charge in [0.15, 0.2) is 0 Å². The van der Waals surface area contributed by atoms with Crippen LogP contribution in [0.1, 0.15) is 40.4 Å². The molecule has 1 atom stereocenters. The lowest BCUT2D eigenvalue weighted by molar-refractivity contribution is 0.0938. The zero-order chi connectivity index (χ0) is 22.2. The van der Waals surface area contributed by atoms with E-state index in [-0.39, 0.29) is 11.9 Å². The summed E-state index contributed by atoms with van der Waals surface area (Å²) < 4.78 is 11.2. The van der Waals surface area contributed by atoms with Crippen LogP contribution in [0.5, 0.6) is 11.5 Å². The van der Waals surface area contributed by atoms with Gasteiger partial charge in [0.1, 0.15) is 18.1 Å². The second-order valence-electron chi connectivity index (χ2n) is 7.92. The fourth-order valence-corrected chi connectivity index (χ4v) is 4.00. The maximum atomic E-state index is 12.8. The molecule has 1 N–H and O–H groups in total. The highest BCUT2D eigenvalue weighted by Gasteiger charge is 2.24. The number of rotatable bonds is 9. The molecule has 6 nitrogen and oxygen atoms in total. The van der Waals surface area contributed by atoms with Crippen molar-refractivity contribution in [1.82, 2.24) is 15.2 Å². The number of likely N-dealkylation sites (tertiary alicyclic amines) is 1. The number of hydrogen-bond donors (Lipinski definition) is 1. The third kappa shape index (κ3) is 5.65. The van der Waals surface area contributed by atoms with Crippen molar-refractivity contribution in [2.45, 2.75) is 25.5 Å². The fraction of sp³-hybridized carbons (Fsp3) is 0.308. The number of carbonyl (C=O) groups excluding carboxylic acids is 1. The number of ether oxygens (including phenoxy) is 2. The monoisotopic (exact) mass is 431 g/mol. The van der Waals surface area contributed by atoms with Crippen LogP contribution in [-0.4, -0.2) is 42.5 Å². The predicted molar refractivity (Wildman–Crippen MR) is 124 cm³/mol. The number of benzene rings is 2. The van der Waals surface area contributed by atoms with Gasteiger partial charge in [-0.2, -0.15) is 0 Å². The van der Waals surface area contributed by atoms with E-state index < -0.39 is 0 Å². The van der Waals surface area contributed by atoms with E-state index in [1.807, 2.05) is 36.4 Å². The van der Waals surface area contributed by atoms with E-state index in [0.717, 1.165) is 35.7 Å². The van der Waals surface area contributed by atoms with Gasteiger partial charge in [0.25, 0.3) is 5.91 Å². The van der Waals surface area contributed by atoms with E-state index in [2.05, 4.69) is 27.3 Å². The summed E-state index contributed by atoms with van der Waals surface area (Å²) in [6.07, 6.45) is 5.89. The van der Waals surface area contributed by atoms with Crippen molar-refractivity contribution in [3.63, 3.8) is 0 Å². The van der Waals surface area contributed by atoms with Gasteiger partial charge in [0.2, 0.25) is 0 Å². The van der Waals surface area contributed by atoms with E-state index in [1.165, 1.54) is 12.8 Å². The molecule has 4 rings (SSSR count). The number of nitrogens with one attached hydrogen (secondary N) is 1. The number of aromatic nitrogens is 1. The molecule has 0 radical (unpaired) electrons. The summed E-state index contributed by atoms with van der Waals surface area (Å²) in [6, 6.07) is 19.3. The molecule has 1 aliphatic rings. The van der Waals surface area contributed by atoms with Crippen molar-refractivity contribution < 1.29 is 14.3 Å². The summed E-state index contributed by atoms with van der Waals surface area (Å²) in [5.74, 6) is 1.47. The molecule has 1 saturated heterocycles. The van der Waals surface area contributed by atoms with Crippen molar-refractivity contribution in [2.75, 3.05) is 26.7 Å². The largest absolute Gasteiger partial charge is 0.497 e. The van der Waals surface area contributed by atoms with Gasteiger partial charge in [-0.3, -0.25) is 14.7 Å². The van der Waals surface area contributed by atoms with Gasteiger partial charge in [-0.25, -0.2) is 0 Å². The van der Waals surface area contributed by atoms with Crippen molar-refractivity contribution in [3.05, 3.63) is 89.7 Å². The first-order valence-electron chi connectivity index (χ1n) is 11.0. The van der Waals surface area contributed by atoms with E-state index in [1.54, 1.807) is 31.6 Å². The van der Waals surface area contributed by atoms with Gasteiger partial charge in [-0.15, -0.1) is 0 Å². The summed E-state index contributed by atoms with van der Waals surface area (Å²) >= 11 is 0. The highest BCUT2D eigenvalue weighted by molar-refractivity contribution is 5.94. The minimum atomic E-state index is -0.0871. The van der Waals surface area contributed by atoms with Crippen LogP contribution in [0.15, 0.2) is 73.1 Å². The second kappa shape index (κ2) is 10.8. The van der Waals surface area contributed by atoms with Crippen LogP contribution in [-0.2, 0) is 6.61 Å². The first kappa shape index (κ1) is 21.8. The summed E-state index contributed by atoms with van der Waals surface area (Å²) in [7, 11) is 1.68. The standard InChI is InChI=1S/C26H29N3O3/c1-31-24-8-4-7-22(16-24)25(29-14-2-3-15-29)18-28-26(30)21-9-11-23(12-10-21)32-19-20-6-5-13-27-17-20/h4-13,16-17,25H,2-3,14-15,18-19H2,1H3,(H,28,30). The molecule has 1 fully saturated rings. The molecule has 0 saturated carbocycles. The Bertz CT molecular complexity index is 1000. The van der Waals surface area contributed by atoms with Crippen molar-refractivity contribution in [1.29, 1.82) is 0 Å². The summed E-state index contributed by atoms with van der Waals surface area (Å²) in [6.45, 7) is 3.07. The Labute approximate surface area is 189 Å². The SMILES string of the molecule is COc1cccc(C(CNC(=O)c2ccc(OCc3cccnc3)cc2)N2CCCC2)c1. The van der Waals surface area contributed by atoms with Crippen LogP contribution >= 0.6 is 0 Å². The van der Waals surface area contributed by atoms with Crippen molar-refractivity contribution >= 4 is 5.91 Å². The van der Waals surface area contributed by atoms with Gasteiger partial charge in [-0.05, 0) is 74.0 Å². The molecule has 1 unspecified atom stereocenters. The van der Waals surface area contributed by atoms with E-state index in [9.17, 15) is 4.79 Å². The topological polar surface area (TPSA) is 63.7 Å². The van der Waals surface area contributed by atoms with E-state index in [4.69, 9.17) is 9.47 Å². The van der Waals surface area contributed by atoms with Crippen LogP contribution in [0.25, 0.3) is 0 Å². The van der Waals surface area contributed by atoms with E-state index in [0.29, 0.717) is 18.7 Å². The maximum absolute atomic E-state index is 12.8. The number of hydrogen-bond acceptors (Lipinski definition) is 5. The van der Waals surface area contributed by atoms with Gasteiger partial charge < -0.3 is 14.8 Å². The Kier molecular flexibility index (Phi) is 7.35. The molecule has 6 heteroatoms. The Morgan fingerprint density at radius 3 is 2.59 bits per heavy atom.